The van der Waals surface area contributed by atoms with Crippen LogP contribution in [-0.4, -0.2) is 6.72 Å². The predicted octanol–water partition coefficient (Wildman–Crippen LogP) is 3.69. The number of rotatable bonds is 3. The minimum atomic E-state index is 0.918. The average Bonchev–Trinajstić information content (AvgIpc) is 2.26. The lowest BCUT2D eigenvalue weighted by Crippen LogP contribution is -1.80. The van der Waals surface area contributed by atoms with Gasteiger partial charge in [-0.1, -0.05) is 42.0 Å². The van der Waals surface area contributed by atoms with Crippen molar-refractivity contribution in [2.45, 2.75) is 13.8 Å². The monoisotopic (exact) mass is 185 g/mol. The Labute approximate surface area is 85.5 Å². The van der Waals surface area contributed by atoms with E-state index >= 15 is 0 Å². The van der Waals surface area contributed by atoms with E-state index in [4.69, 9.17) is 0 Å². The van der Waals surface area contributed by atoms with Crippen molar-refractivity contribution in [3.8, 4) is 0 Å². The first kappa shape index (κ1) is 10.5. The minimum absolute atomic E-state index is 0.918. The van der Waals surface area contributed by atoms with Crippen LogP contribution in [0.4, 0.5) is 0 Å². The lowest BCUT2D eigenvalue weighted by atomic mass is 10.1. The Morgan fingerprint density at radius 2 is 1.93 bits per heavy atom. The first-order valence-electron chi connectivity index (χ1n) is 4.64. The van der Waals surface area contributed by atoms with Crippen LogP contribution in [0.5, 0.6) is 0 Å². The summed E-state index contributed by atoms with van der Waals surface area (Å²) in [6, 6.07) is 10.1. The van der Waals surface area contributed by atoms with Crippen molar-refractivity contribution in [2.75, 3.05) is 0 Å². The molecule has 0 aliphatic carbocycles. The molecule has 1 heteroatoms. The summed E-state index contributed by atoms with van der Waals surface area (Å²) in [5.41, 5.74) is 3.21. The highest BCUT2D eigenvalue weighted by atomic mass is 14.7. The summed E-state index contributed by atoms with van der Waals surface area (Å²) in [4.78, 5) is 4.02. The van der Waals surface area contributed by atoms with E-state index in [-0.39, 0.29) is 0 Å². The molecule has 1 aromatic carbocycles. The SMILES string of the molecule is C=N/C(=C\C(C)=C/C)c1ccccc1. The van der Waals surface area contributed by atoms with Crippen molar-refractivity contribution in [1.82, 2.24) is 0 Å². The second-order valence-electron chi connectivity index (χ2n) is 3.09. The summed E-state index contributed by atoms with van der Waals surface area (Å²) >= 11 is 0. The topological polar surface area (TPSA) is 12.4 Å². The molecular weight excluding hydrogens is 170 g/mol. The van der Waals surface area contributed by atoms with Crippen molar-refractivity contribution >= 4 is 12.4 Å². The van der Waals surface area contributed by atoms with E-state index < -0.39 is 0 Å². The highest BCUT2D eigenvalue weighted by Gasteiger charge is 1.96. The Balaban J connectivity index is 3.05. The van der Waals surface area contributed by atoms with Gasteiger partial charge in [0.15, 0.2) is 0 Å². The van der Waals surface area contributed by atoms with Crippen LogP contribution < -0.4 is 0 Å². The van der Waals surface area contributed by atoms with Gasteiger partial charge in [0.1, 0.15) is 0 Å². The zero-order valence-electron chi connectivity index (χ0n) is 8.70. The highest BCUT2D eigenvalue weighted by molar-refractivity contribution is 5.69. The molecule has 1 rings (SSSR count). The van der Waals surface area contributed by atoms with Crippen molar-refractivity contribution in [1.29, 1.82) is 0 Å². The molecule has 1 aromatic rings. The van der Waals surface area contributed by atoms with E-state index in [1.807, 2.05) is 56.3 Å². The molecule has 0 aromatic heterocycles. The van der Waals surface area contributed by atoms with Gasteiger partial charge in [-0.25, -0.2) is 0 Å². The van der Waals surface area contributed by atoms with Gasteiger partial charge in [0.25, 0.3) is 0 Å². The van der Waals surface area contributed by atoms with Gasteiger partial charge in [0.05, 0.1) is 5.70 Å². The second-order valence-corrected chi connectivity index (χ2v) is 3.09. The molecular formula is C13H15N. The molecule has 0 bridgehead atoms. The lowest BCUT2D eigenvalue weighted by Gasteiger charge is -2.01. The maximum atomic E-state index is 4.02. The van der Waals surface area contributed by atoms with Crippen molar-refractivity contribution in [2.24, 2.45) is 4.99 Å². The molecule has 14 heavy (non-hydrogen) atoms. The fourth-order valence-corrected chi connectivity index (χ4v) is 1.13. The molecule has 0 spiro atoms. The van der Waals surface area contributed by atoms with Crippen LogP contribution >= 0.6 is 0 Å². The standard InChI is InChI=1S/C13H15N/c1-4-11(2)10-13(14-3)12-8-6-5-7-9-12/h4-10H,3H2,1-2H3/b11-4-,13-10-. The van der Waals surface area contributed by atoms with Crippen LogP contribution in [0, 0.1) is 0 Å². The van der Waals surface area contributed by atoms with E-state index in [9.17, 15) is 0 Å². The van der Waals surface area contributed by atoms with Gasteiger partial charge in [0.2, 0.25) is 0 Å². The van der Waals surface area contributed by atoms with Gasteiger partial charge in [-0.2, -0.15) is 0 Å². The third-order valence-electron chi connectivity index (χ3n) is 2.06. The van der Waals surface area contributed by atoms with Crippen LogP contribution in [-0.2, 0) is 0 Å². The zero-order valence-corrected chi connectivity index (χ0v) is 8.70. The molecule has 0 saturated carbocycles. The molecule has 0 unspecified atom stereocenters. The largest absolute Gasteiger partial charge is 0.264 e. The smallest absolute Gasteiger partial charge is 0.0697 e. The van der Waals surface area contributed by atoms with Crippen LogP contribution in [0.1, 0.15) is 19.4 Å². The second kappa shape index (κ2) is 5.18. The summed E-state index contributed by atoms with van der Waals surface area (Å²) < 4.78 is 0. The number of hydrogen-bond donors (Lipinski definition) is 0. The fraction of sp³-hybridized carbons (Fsp3) is 0.154. The summed E-state index contributed by atoms with van der Waals surface area (Å²) in [6.45, 7) is 7.64. The number of nitrogens with zero attached hydrogens (tertiary/aromatic N) is 1. The van der Waals surface area contributed by atoms with Crippen molar-refractivity contribution in [3.63, 3.8) is 0 Å². The molecule has 0 radical (unpaired) electrons. The highest BCUT2D eigenvalue weighted by Crippen LogP contribution is 2.16. The summed E-state index contributed by atoms with van der Waals surface area (Å²) in [5.74, 6) is 0. The van der Waals surface area contributed by atoms with Gasteiger partial charge in [-0.05, 0) is 26.6 Å². The summed E-state index contributed by atoms with van der Waals surface area (Å²) in [6.07, 6.45) is 4.08. The molecule has 0 atom stereocenters. The fourth-order valence-electron chi connectivity index (χ4n) is 1.13. The van der Waals surface area contributed by atoms with Gasteiger partial charge in [-0.3, -0.25) is 4.99 Å². The van der Waals surface area contributed by atoms with Gasteiger partial charge < -0.3 is 0 Å². The number of allylic oxidation sites excluding steroid dienone is 3. The molecule has 0 fully saturated rings. The van der Waals surface area contributed by atoms with Crippen LogP contribution in [0.2, 0.25) is 0 Å². The number of benzene rings is 1. The van der Waals surface area contributed by atoms with Crippen LogP contribution in [0.3, 0.4) is 0 Å². The Bertz CT molecular complexity index is 358. The molecule has 0 N–H and O–H groups in total. The van der Waals surface area contributed by atoms with Crippen LogP contribution in [0.25, 0.3) is 5.70 Å². The lowest BCUT2D eigenvalue weighted by molar-refractivity contribution is 1.44. The molecule has 0 saturated heterocycles. The van der Waals surface area contributed by atoms with E-state index in [2.05, 4.69) is 11.7 Å². The predicted molar refractivity (Wildman–Crippen MR) is 63.4 cm³/mol. The van der Waals surface area contributed by atoms with Gasteiger partial charge >= 0.3 is 0 Å². The third-order valence-corrected chi connectivity index (χ3v) is 2.06. The van der Waals surface area contributed by atoms with Crippen molar-refractivity contribution in [3.05, 3.63) is 53.6 Å². The molecule has 0 aliphatic heterocycles. The van der Waals surface area contributed by atoms with Crippen molar-refractivity contribution < 1.29 is 0 Å². The Morgan fingerprint density at radius 3 is 2.43 bits per heavy atom. The summed E-state index contributed by atoms with van der Waals surface area (Å²) in [5, 5.41) is 0. The number of aliphatic imine (C=N–C) groups is 1. The average molecular weight is 185 g/mol. The quantitative estimate of drug-likeness (QED) is 0.503. The van der Waals surface area contributed by atoms with E-state index in [1.165, 1.54) is 5.57 Å². The zero-order chi connectivity index (χ0) is 10.4. The van der Waals surface area contributed by atoms with Gasteiger partial charge in [-0.15, -0.1) is 0 Å². The Hall–Kier alpha value is -1.63. The Morgan fingerprint density at radius 1 is 1.29 bits per heavy atom. The third kappa shape index (κ3) is 2.70. The molecule has 1 nitrogen and oxygen atoms in total. The number of hydrogen-bond acceptors (Lipinski definition) is 1. The Kier molecular flexibility index (Phi) is 3.86. The maximum Gasteiger partial charge on any atom is 0.0697 e. The molecule has 0 aliphatic rings. The molecule has 0 amide bonds. The van der Waals surface area contributed by atoms with E-state index in [0.29, 0.717) is 0 Å². The first-order valence-corrected chi connectivity index (χ1v) is 4.64. The van der Waals surface area contributed by atoms with Crippen LogP contribution in [0.15, 0.2) is 53.0 Å². The van der Waals surface area contributed by atoms with E-state index in [0.717, 1.165) is 11.3 Å². The summed E-state index contributed by atoms with van der Waals surface area (Å²) in [7, 11) is 0. The van der Waals surface area contributed by atoms with E-state index in [1.54, 1.807) is 0 Å². The minimum Gasteiger partial charge on any atom is -0.264 e. The molecule has 72 valence electrons. The normalized spacial score (nSPS) is 12.7. The maximum absolute atomic E-state index is 4.02. The molecule has 0 heterocycles. The first-order chi connectivity index (χ1) is 6.77. The van der Waals surface area contributed by atoms with Gasteiger partial charge in [0, 0.05) is 5.56 Å².